The molecule has 0 N–H and O–H groups in total. The topological polar surface area (TPSA) is 29.5 Å². The van der Waals surface area contributed by atoms with E-state index in [0.717, 1.165) is 25.9 Å². The van der Waals surface area contributed by atoms with Crippen LogP contribution in [-0.4, -0.2) is 37.6 Å². The number of likely N-dealkylation sites (tertiary alicyclic amines) is 1. The fourth-order valence-electron chi connectivity index (χ4n) is 1.04. The Labute approximate surface area is 54.6 Å². The minimum Gasteiger partial charge on any atom is -0.380 e. The lowest BCUT2D eigenvalue weighted by Crippen LogP contribution is -2.20. The average Bonchev–Trinajstić information content (AvgIpc) is 2.34. The number of nitrogens with zero attached hydrogens (tertiary/aromatic N) is 1. The number of rotatable bonds is 2. The summed E-state index contributed by atoms with van der Waals surface area (Å²) in [5, 5.41) is 0. The number of methoxy groups -OCH3 is 1. The van der Waals surface area contributed by atoms with Crippen LogP contribution in [0.25, 0.3) is 0 Å². The molecule has 0 aromatic carbocycles. The van der Waals surface area contributed by atoms with Gasteiger partial charge in [0.2, 0.25) is 6.41 Å². The molecule has 0 unspecified atom stereocenters. The van der Waals surface area contributed by atoms with Crippen molar-refractivity contribution in [1.29, 1.82) is 0 Å². The Morgan fingerprint density at radius 1 is 1.78 bits per heavy atom. The summed E-state index contributed by atoms with van der Waals surface area (Å²) in [7, 11) is 1.68. The Morgan fingerprint density at radius 2 is 2.56 bits per heavy atom. The normalized spacial score (nSPS) is 26.8. The molecule has 1 atom stereocenters. The highest BCUT2D eigenvalue weighted by Crippen LogP contribution is 2.08. The van der Waals surface area contributed by atoms with Gasteiger partial charge in [-0.05, 0) is 6.42 Å². The standard InChI is InChI=1S/C6H11NO2/c1-9-6-2-3-7(4-6)5-8/h5-6H,2-4H2,1H3/t6-/m1/s1. The maximum atomic E-state index is 10.1. The SMILES string of the molecule is CO[C@@H]1CCN(C=O)C1. The first-order valence-corrected chi connectivity index (χ1v) is 3.09. The van der Waals surface area contributed by atoms with Crippen LogP contribution in [-0.2, 0) is 9.53 Å². The van der Waals surface area contributed by atoms with Crippen LogP contribution in [0.5, 0.6) is 0 Å². The molecule has 0 aromatic heterocycles. The van der Waals surface area contributed by atoms with Crippen molar-refractivity contribution in [3.05, 3.63) is 0 Å². The van der Waals surface area contributed by atoms with Crippen molar-refractivity contribution < 1.29 is 9.53 Å². The Hall–Kier alpha value is -0.570. The van der Waals surface area contributed by atoms with Gasteiger partial charge in [0.05, 0.1) is 6.10 Å². The van der Waals surface area contributed by atoms with E-state index in [9.17, 15) is 4.79 Å². The minimum absolute atomic E-state index is 0.273. The van der Waals surface area contributed by atoms with Crippen LogP contribution in [0.3, 0.4) is 0 Å². The van der Waals surface area contributed by atoms with Gasteiger partial charge in [0.1, 0.15) is 0 Å². The Bertz CT molecular complexity index is 105. The Kier molecular flexibility index (Phi) is 2.05. The molecule has 0 spiro atoms. The van der Waals surface area contributed by atoms with Crippen molar-refractivity contribution >= 4 is 6.41 Å². The van der Waals surface area contributed by atoms with Crippen LogP contribution in [0, 0.1) is 0 Å². The molecule has 3 nitrogen and oxygen atoms in total. The molecule has 0 bridgehead atoms. The summed E-state index contributed by atoms with van der Waals surface area (Å²) in [6, 6.07) is 0. The van der Waals surface area contributed by atoms with Gasteiger partial charge in [-0.2, -0.15) is 0 Å². The lowest BCUT2D eigenvalue weighted by molar-refractivity contribution is -0.117. The van der Waals surface area contributed by atoms with Crippen molar-refractivity contribution in [3.63, 3.8) is 0 Å². The van der Waals surface area contributed by atoms with Crippen LogP contribution in [0.15, 0.2) is 0 Å². The second-order valence-electron chi connectivity index (χ2n) is 2.25. The zero-order valence-electron chi connectivity index (χ0n) is 5.54. The zero-order chi connectivity index (χ0) is 6.69. The van der Waals surface area contributed by atoms with Gasteiger partial charge in [0.15, 0.2) is 0 Å². The Balaban J connectivity index is 2.28. The molecule has 52 valence electrons. The molecule has 1 amide bonds. The third-order valence-corrected chi connectivity index (χ3v) is 1.66. The molecule has 3 heteroatoms. The molecule has 0 aromatic rings. The van der Waals surface area contributed by atoms with E-state index >= 15 is 0 Å². The molecule has 0 saturated carbocycles. The van der Waals surface area contributed by atoms with Gasteiger partial charge in [0.25, 0.3) is 0 Å². The third-order valence-electron chi connectivity index (χ3n) is 1.66. The van der Waals surface area contributed by atoms with Crippen molar-refractivity contribution in [2.45, 2.75) is 12.5 Å². The van der Waals surface area contributed by atoms with E-state index in [-0.39, 0.29) is 6.10 Å². The molecule has 0 aliphatic carbocycles. The minimum atomic E-state index is 0.273. The first-order chi connectivity index (χ1) is 4.36. The molecule has 1 saturated heterocycles. The predicted octanol–water partition coefficient (Wildman–Crippen LogP) is -0.137. The summed E-state index contributed by atoms with van der Waals surface area (Å²) in [5.41, 5.74) is 0. The smallest absolute Gasteiger partial charge is 0.209 e. The third kappa shape index (κ3) is 1.42. The van der Waals surface area contributed by atoms with Gasteiger partial charge in [0, 0.05) is 20.2 Å². The van der Waals surface area contributed by atoms with E-state index in [2.05, 4.69) is 0 Å². The van der Waals surface area contributed by atoms with Gasteiger partial charge in [-0.1, -0.05) is 0 Å². The van der Waals surface area contributed by atoms with Crippen molar-refractivity contribution in [1.82, 2.24) is 4.90 Å². The van der Waals surface area contributed by atoms with Crippen molar-refractivity contribution in [2.24, 2.45) is 0 Å². The zero-order valence-corrected chi connectivity index (χ0v) is 5.54. The summed E-state index contributed by atoms with van der Waals surface area (Å²) in [6.07, 6.45) is 2.13. The molecule has 1 heterocycles. The van der Waals surface area contributed by atoms with E-state index in [1.807, 2.05) is 0 Å². The van der Waals surface area contributed by atoms with E-state index < -0.39 is 0 Å². The van der Waals surface area contributed by atoms with E-state index in [0.29, 0.717) is 0 Å². The molecule has 1 aliphatic rings. The van der Waals surface area contributed by atoms with Gasteiger partial charge < -0.3 is 9.64 Å². The number of amides is 1. The number of carbonyl (C=O) groups is 1. The molecule has 0 radical (unpaired) electrons. The van der Waals surface area contributed by atoms with Crippen LogP contribution in [0.2, 0.25) is 0 Å². The van der Waals surface area contributed by atoms with Crippen molar-refractivity contribution in [2.75, 3.05) is 20.2 Å². The van der Waals surface area contributed by atoms with Crippen LogP contribution in [0.4, 0.5) is 0 Å². The summed E-state index contributed by atoms with van der Waals surface area (Å²) in [4.78, 5) is 11.9. The predicted molar refractivity (Wildman–Crippen MR) is 33.1 cm³/mol. The van der Waals surface area contributed by atoms with E-state index in [1.165, 1.54) is 0 Å². The highest BCUT2D eigenvalue weighted by Gasteiger charge is 2.19. The fraction of sp³-hybridized carbons (Fsp3) is 0.833. The number of carbonyl (C=O) groups excluding carboxylic acids is 1. The summed E-state index contributed by atoms with van der Waals surface area (Å²) < 4.78 is 5.04. The largest absolute Gasteiger partial charge is 0.380 e. The van der Waals surface area contributed by atoms with E-state index in [1.54, 1.807) is 12.0 Å². The van der Waals surface area contributed by atoms with E-state index in [4.69, 9.17) is 4.74 Å². The second-order valence-corrected chi connectivity index (χ2v) is 2.25. The number of ether oxygens (including phenoxy) is 1. The monoisotopic (exact) mass is 129 g/mol. The molecule has 1 fully saturated rings. The second kappa shape index (κ2) is 2.82. The highest BCUT2D eigenvalue weighted by molar-refractivity contribution is 5.47. The quantitative estimate of drug-likeness (QED) is 0.486. The van der Waals surface area contributed by atoms with Gasteiger partial charge in [-0.15, -0.1) is 0 Å². The summed E-state index contributed by atoms with van der Waals surface area (Å²) in [6.45, 7) is 1.61. The maximum Gasteiger partial charge on any atom is 0.209 e. The van der Waals surface area contributed by atoms with Crippen LogP contribution < -0.4 is 0 Å². The van der Waals surface area contributed by atoms with Crippen LogP contribution in [0.1, 0.15) is 6.42 Å². The van der Waals surface area contributed by atoms with Crippen LogP contribution >= 0.6 is 0 Å². The first-order valence-electron chi connectivity index (χ1n) is 3.09. The lowest BCUT2D eigenvalue weighted by Gasteiger charge is -2.07. The first kappa shape index (κ1) is 6.55. The average molecular weight is 129 g/mol. The molecule has 9 heavy (non-hydrogen) atoms. The van der Waals surface area contributed by atoms with Gasteiger partial charge >= 0.3 is 0 Å². The summed E-state index contributed by atoms with van der Waals surface area (Å²) >= 11 is 0. The highest BCUT2D eigenvalue weighted by atomic mass is 16.5. The molecular weight excluding hydrogens is 118 g/mol. The Morgan fingerprint density at radius 3 is 2.89 bits per heavy atom. The maximum absolute atomic E-state index is 10.1. The molecular formula is C6H11NO2. The van der Waals surface area contributed by atoms with Crippen molar-refractivity contribution in [3.8, 4) is 0 Å². The lowest BCUT2D eigenvalue weighted by atomic mass is 10.3. The molecule has 1 rings (SSSR count). The number of hydrogen-bond acceptors (Lipinski definition) is 2. The fourth-order valence-corrected chi connectivity index (χ4v) is 1.04. The van der Waals surface area contributed by atoms with Gasteiger partial charge in [-0.25, -0.2) is 0 Å². The summed E-state index contributed by atoms with van der Waals surface area (Å²) in [5.74, 6) is 0. The van der Waals surface area contributed by atoms with Gasteiger partial charge in [-0.3, -0.25) is 4.79 Å². The molecule has 1 aliphatic heterocycles. The number of hydrogen-bond donors (Lipinski definition) is 0.